The topological polar surface area (TPSA) is 97.4 Å². The SMILES string of the molecule is Cc1nc(/C=C/C(=O)OCC(=O)Nc2cccc(C(=O)Nc3cccc(C(F)(F)F)c3)c2)cs1. The second kappa shape index (κ2) is 10.8. The van der Waals surface area contributed by atoms with Gasteiger partial charge in [-0.2, -0.15) is 13.2 Å². The number of aromatic nitrogens is 1. The number of rotatable bonds is 7. The van der Waals surface area contributed by atoms with Crippen LogP contribution in [0.15, 0.2) is 60.0 Å². The minimum absolute atomic E-state index is 0.0259. The molecule has 7 nitrogen and oxygen atoms in total. The third-order valence-corrected chi connectivity index (χ3v) is 5.02. The average Bonchev–Trinajstić information content (AvgIpc) is 3.21. The van der Waals surface area contributed by atoms with Crippen LogP contribution in [0.5, 0.6) is 0 Å². The molecule has 2 amide bonds. The lowest BCUT2D eigenvalue weighted by Gasteiger charge is -2.11. The minimum atomic E-state index is -4.54. The Balaban J connectivity index is 1.54. The number of halogens is 3. The van der Waals surface area contributed by atoms with E-state index in [9.17, 15) is 27.6 Å². The summed E-state index contributed by atoms with van der Waals surface area (Å²) in [6.07, 6.45) is -1.92. The van der Waals surface area contributed by atoms with Gasteiger partial charge in [-0.1, -0.05) is 12.1 Å². The van der Waals surface area contributed by atoms with E-state index in [1.54, 1.807) is 5.38 Å². The smallest absolute Gasteiger partial charge is 0.416 e. The van der Waals surface area contributed by atoms with Crippen LogP contribution in [0.2, 0.25) is 0 Å². The Morgan fingerprint density at radius 3 is 2.44 bits per heavy atom. The molecule has 11 heteroatoms. The van der Waals surface area contributed by atoms with Gasteiger partial charge in [-0.15, -0.1) is 11.3 Å². The molecule has 34 heavy (non-hydrogen) atoms. The van der Waals surface area contributed by atoms with Crippen LogP contribution in [0.4, 0.5) is 24.5 Å². The molecule has 0 saturated carbocycles. The molecule has 0 atom stereocenters. The molecule has 3 aromatic rings. The highest BCUT2D eigenvalue weighted by Crippen LogP contribution is 2.30. The Bertz CT molecular complexity index is 1240. The zero-order valence-corrected chi connectivity index (χ0v) is 18.5. The summed E-state index contributed by atoms with van der Waals surface area (Å²) < 4.78 is 43.4. The fourth-order valence-corrected chi connectivity index (χ4v) is 3.29. The summed E-state index contributed by atoms with van der Waals surface area (Å²) in [6.45, 7) is 1.27. The van der Waals surface area contributed by atoms with E-state index in [4.69, 9.17) is 4.74 Å². The number of amides is 2. The number of nitrogens with one attached hydrogen (secondary N) is 2. The zero-order chi connectivity index (χ0) is 24.7. The summed E-state index contributed by atoms with van der Waals surface area (Å²) in [4.78, 5) is 40.4. The third kappa shape index (κ3) is 7.27. The van der Waals surface area contributed by atoms with E-state index in [1.807, 2.05) is 6.92 Å². The number of ether oxygens (including phenoxy) is 1. The second-order valence-corrected chi connectivity index (χ2v) is 7.96. The maximum absolute atomic E-state index is 12.8. The lowest BCUT2D eigenvalue weighted by molar-refractivity contribution is -0.142. The molecule has 0 aliphatic rings. The molecule has 0 spiro atoms. The van der Waals surface area contributed by atoms with Gasteiger partial charge in [0.05, 0.1) is 16.3 Å². The first kappa shape index (κ1) is 24.6. The van der Waals surface area contributed by atoms with E-state index in [-0.39, 0.29) is 16.9 Å². The summed E-state index contributed by atoms with van der Waals surface area (Å²) in [5.74, 6) is -2.03. The van der Waals surface area contributed by atoms with Crippen LogP contribution in [0.25, 0.3) is 6.08 Å². The molecule has 0 aliphatic heterocycles. The number of esters is 1. The number of thiazole rings is 1. The number of carbonyl (C=O) groups is 3. The van der Waals surface area contributed by atoms with E-state index in [0.717, 1.165) is 23.2 Å². The molecule has 1 aromatic heterocycles. The van der Waals surface area contributed by atoms with Gasteiger partial charge in [0.1, 0.15) is 0 Å². The molecule has 0 saturated heterocycles. The molecule has 2 N–H and O–H groups in total. The van der Waals surface area contributed by atoms with Crippen LogP contribution in [0.1, 0.15) is 26.6 Å². The van der Waals surface area contributed by atoms with Gasteiger partial charge in [0.15, 0.2) is 6.61 Å². The first-order chi connectivity index (χ1) is 16.1. The fourth-order valence-electron chi connectivity index (χ4n) is 2.71. The van der Waals surface area contributed by atoms with Crippen LogP contribution >= 0.6 is 11.3 Å². The monoisotopic (exact) mass is 489 g/mol. The Kier molecular flexibility index (Phi) is 7.79. The van der Waals surface area contributed by atoms with E-state index in [2.05, 4.69) is 15.6 Å². The Morgan fingerprint density at radius 1 is 1.06 bits per heavy atom. The van der Waals surface area contributed by atoms with Crippen molar-refractivity contribution in [3.63, 3.8) is 0 Å². The van der Waals surface area contributed by atoms with Crippen molar-refractivity contribution in [3.05, 3.63) is 81.8 Å². The summed E-state index contributed by atoms with van der Waals surface area (Å²) in [6, 6.07) is 10.0. The zero-order valence-electron chi connectivity index (χ0n) is 17.7. The first-order valence-electron chi connectivity index (χ1n) is 9.75. The lowest BCUT2D eigenvalue weighted by Crippen LogP contribution is -2.20. The molecule has 0 aliphatic carbocycles. The van der Waals surface area contributed by atoms with E-state index in [0.29, 0.717) is 5.69 Å². The predicted molar refractivity (Wildman–Crippen MR) is 121 cm³/mol. The summed E-state index contributed by atoms with van der Waals surface area (Å²) in [5.41, 5.74) is 0.0310. The van der Waals surface area contributed by atoms with Gasteiger partial charge in [0, 0.05) is 28.4 Å². The van der Waals surface area contributed by atoms with E-state index < -0.39 is 36.1 Å². The number of nitrogens with zero attached hydrogens (tertiary/aromatic N) is 1. The molecule has 0 unspecified atom stereocenters. The van der Waals surface area contributed by atoms with Crippen molar-refractivity contribution in [2.75, 3.05) is 17.2 Å². The van der Waals surface area contributed by atoms with Crippen LogP contribution < -0.4 is 10.6 Å². The van der Waals surface area contributed by atoms with Gasteiger partial charge < -0.3 is 15.4 Å². The molecular formula is C23H18F3N3O4S. The predicted octanol–water partition coefficient (Wildman–Crippen LogP) is 4.92. The second-order valence-electron chi connectivity index (χ2n) is 6.89. The lowest BCUT2D eigenvalue weighted by atomic mass is 10.1. The van der Waals surface area contributed by atoms with Crippen LogP contribution in [-0.2, 0) is 20.5 Å². The fraction of sp³-hybridized carbons (Fsp3) is 0.130. The summed E-state index contributed by atoms with van der Waals surface area (Å²) in [7, 11) is 0. The Morgan fingerprint density at radius 2 is 1.76 bits per heavy atom. The maximum Gasteiger partial charge on any atom is 0.416 e. The number of aryl methyl sites for hydroxylation is 1. The third-order valence-electron chi connectivity index (χ3n) is 4.23. The van der Waals surface area contributed by atoms with Gasteiger partial charge in [-0.3, -0.25) is 9.59 Å². The Labute approximate surface area is 196 Å². The molecular weight excluding hydrogens is 471 g/mol. The highest BCUT2D eigenvalue weighted by molar-refractivity contribution is 7.09. The van der Waals surface area contributed by atoms with Crippen LogP contribution in [0, 0.1) is 6.92 Å². The number of hydrogen-bond acceptors (Lipinski definition) is 6. The first-order valence-corrected chi connectivity index (χ1v) is 10.6. The quantitative estimate of drug-likeness (QED) is 0.363. The number of hydrogen-bond donors (Lipinski definition) is 2. The highest BCUT2D eigenvalue weighted by Gasteiger charge is 2.30. The number of alkyl halides is 3. The average molecular weight is 489 g/mol. The summed E-state index contributed by atoms with van der Waals surface area (Å²) >= 11 is 1.43. The van der Waals surface area contributed by atoms with Crippen molar-refractivity contribution >= 4 is 46.6 Å². The van der Waals surface area contributed by atoms with Crippen molar-refractivity contribution in [2.45, 2.75) is 13.1 Å². The molecule has 0 bridgehead atoms. The Hall–Kier alpha value is -3.99. The van der Waals surface area contributed by atoms with E-state index in [1.165, 1.54) is 53.8 Å². The number of anilines is 2. The molecule has 0 radical (unpaired) electrons. The number of carbonyl (C=O) groups excluding carboxylic acids is 3. The van der Waals surface area contributed by atoms with Crippen molar-refractivity contribution in [1.82, 2.24) is 4.98 Å². The van der Waals surface area contributed by atoms with Gasteiger partial charge >= 0.3 is 12.1 Å². The largest absolute Gasteiger partial charge is 0.452 e. The molecule has 3 rings (SSSR count). The van der Waals surface area contributed by atoms with E-state index >= 15 is 0 Å². The standard InChI is InChI=1S/C23H18F3N3O4S/c1-14-27-19(13-34-14)8-9-21(31)33-12-20(30)28-17-6-2-4-15(10-17)22(32)29-18-7-3-5-16(11-18)23(24,25)26/h2-11,13H,12H2,1H3,(H,28,30)(H,29,32)/b9-8+. The molecule has 176 valence electrons. The van der Waals surface area contributed by atoms with Crippen molar-refractivity contribution < 1.29 is 32.3 Å². The normalized spacial score (nSPS) is 11.3. The molecule has 2 aromatic carbocycles. The van der Waals surface area contributed by atoms with Crippen molar-refractivity contribution in [1.29, 1.82) is 0 Å². The molecule has 1 heterocycles. The van der Waals surface area contributed by atoms with Crippen LogP contribution in [-0.4, -0.2) is 29.4 Å². The van der Waals surface area contributed by atoms with Gasteiger partial charge in [0.25, 0.3) is 11.8 Å². The molecule has 0 fully saturated rings. The van der Waals surface area contributed by atoms with Gasteiger partial charge in [0.2, 0.25) is 0 Å². The highest BCUT2D eigenvalue weighted by atomic mass is 32.1. The summed E-state index contributed by atoms with van der Waals surface area (Å²) in [5, 5.41) is 7.48. The van der Waals surface area contributed by atoms with Crippen molar-refractivity contribution in [2.24, 2.45) is 0 Å². The van der Waals surface area contributed by atoms with Gasteiger partial charge in [-0.25, -0.2) is 9.78 Å². The number of benzene rings is 2. The van der Waals surface area contributed by atoms with Gasteiger partial charge in [-0.05, 0) is 49.4 Å². The van der Waals surface area contributed by atoms with Crippen LogP contribution in [0.3, 0.4) is 0 Å². The van der Waals surface area contributed by atoms with Crippen molar-refractivity contribution in [3.8, 4) is 0 Å². The maximum atomic E-state index is 12.8. The minimum Gasteiger partial charge on any atom is -0.452 e.